The minimum atomic E-state index is -0.442. The molecule has 0 aliphatic rings. The zero-order chi connectivity index (χ0) is 14.5. The first kappa shape index (κ1) is 13.9. The maximum absolute atomic E-state index is 11.8. The number of ether oxygens (including phenoxy) is 2. The molecule has 0 saturated heterocycles. The molecule has 0 aliphatic carbocycles. The summed E-state index contributed by atoms with van der Waals surface area (Å²) in [6.45, 7) is 2.53. The molecule has 0 amide bonds. The fraction of sp³-hybridized carbons (Fsp3) is 0.200. The molecule has 104 valence electrons. The smallest absolute Gasteiger partial charge is 0.338 e. The SMILES string of the molecule is CCOc1ccc(-c2cnc(N)cc2C(=O)OC)cc1. The summed E-state index contributed by atoms with van der Waals surface area (Å²) in [7, 11) is 1.33. The van der Waals surface area contributed by atoms with Crippen molar-refractivity contribution in [2.75, 3.05) is 19.5 Å². The van der Waals surface area contributed by atoms with E-state index in [0.717, 1.165) is 11.3 Å². The zero-order valence-electron chi connectivity index (χ0n) is 11.4. The van der Waals surface area contributed by atoms with Crippen LogP contribution < -0.4 is 10.5 Å². The van der Waals surface area contributed by atoms with Crippen molar-refractivity contribution in [1.29, 1.82) is 0 Å². The molecule has 0 aliphatic heterocycles. The van der Waals surface area contributed by atoms with E-state index in [-0.39, 0.29) is 5.82 Å². The highest BCUT2D eigenvalue weighted by molar-refractivity contribution is 5.97. The van der Waals surface area contributed by atoms with Gasteiger partial charge in [0.15, 0.2) is 0 Å². The Hall–Kier alpha value is -2.56. The number of nitrogen functional groups attached to an aromatic ring is 1. The molecule has 5 heteroatoms. The van der Waals surface area contributed by atoms with Crippen LogP contribution in [0, 0.1) is 0 Å². The van der Waals surface area contributed by atoms with Gasteiger partial charge in [-0.3, -0.25) is 0 Å². The Labute approximate surface area is 117 Å². The van der Waals surface area contributed by atoms with Crippen LogP contribution in [-0.4, -0.2) is 24.7 Å². The summed E-state index contributed by atoms with van der Waals surface area (Å²) >= 11 is 0. The molecule has 2 aromatic rings. The minimum Gasteiger partial charge on any atom is -0.494 e. The number of carbonyl (C=O) groups is 1. The number of nitrogens with two attached hydrogens (primary N) is 1. The summed E-state index contributed by atoms with van der Waals surface area (Å²) in [5.74, 6) is 0.613. The van der Waals surface area contributed by atoms with Crippen LogP contribution in [0.5, 0.6) is 5.75 Å². The Morgan fingerprint density at radius 1 is 1.30 bits per heavy atom. The fourth-order valence-electron chi connectivity index (χ4n) is 1.88. The maximum atomic E-state index is 11.8. The van der Waals surface area contributed by atoms with Crippen molar-refractivity contribution in [1.82, 2.24) is 4.98 Å². The second-order valence-electron chi connectivity index (χ2n) is 4.10. The van der Waals surface area contributed by atoms with Crippen LogP contribution in [0.4, 0.5) is 5.82 Å². The van der Waals surface area contributed by atoms with Gasteiger partial charge < -0.3 is 15.2 Å². The number of pyridine rings is 1. The molecule has 2 N–H and O–H groups in total. The molecule has 0 radical (unpaired) electrons. The number of benzene rings is 1. The van der Waals surface area contributed by atoms with E-state index in [1.807, 2.05) is 31.2 Å². The molecule has 20 heavy (non-hydrogen) atoms. The van der Waals surface area contributed by atoms with E-state index in [2.05, 4.69) is 4.98 Å². The molecule has 5 nitrogen and oxygen atoms in total. The number of aromatic nitrogens is 1. The van der Waals surface area contributed by atoms with Crippen LogP contribution >= 0.6 is 0 Å². The van der Waals surface area contributed by atoms with Crippen LogP contribution in [0.3, 0.4) is 0 Å². The third-order valence-electron chi connectivity index (χ3n) is 2.81. The van der Waals surface area contributed by atoms with Crippen molar-refractivity contribution in [3.8, 4) is 16.9 Å². The molecular formula is C15H16N2O3. The first-order valence-corrected chi connectivity index (χ1v) is 6.22. The van der Waals surface area contributed by atoms with E-state index in [0.29, 0.717) is 17.7 Å². The van der Waals surface area contributed by atoms with Gasteiger partial charge in [-0.05, 0) is 30.7 Å². The van der Waals surface area contributed by atoms with Crippen molar-refractivity contribution in [2.45, 2.75) is 6.92 Å². The van der Waals surface area contributed by atoms with Gasteiger partial charge in [-0.15, -0.1) is 0 Å². The lowest BCUT2D eigenvalue weighted by Gasteiger charge is -2.09. The zero-order valence-corrected chi connectivity index (χ0v) is 11.4. The number of hydrogen-bond acceptors (Lipinski definition) is 5. The Kier molecular flexibility index (Phi) is 4.20. The fourth-order valence-corrected chi connectivity index (χ4v) is 1.88. The largest absolute Gasteiger partial charge is 0.494 e. The second kappa shape index (κ2) is 6.06. The highest BCUT2D eigenvalue weighted by Gasteiger charge is 2.14. The number of rotatable bonds is 4. The number of esters is 1. The Morgan fingerprint density at radius 3 is 2.60 bits per heavy atom. The van der Waals surface area contributed by atoms with Gasteiger partial charge in [0.2, 0.25) is 0 Å². The van der Waals surface area contributed by atoms with Gasteiger partial charge >= 0.3 is 5.97 Å². The summed E-state index contributed by atoms with van der Waals surface area (Å²) in [4.78, 5) is 15.8. The number of hydrogen-bond donors (Lipinski definition) is 1. The molecule has 0 fully saturated rings. The molecule has 0 saturated carbocycles. The molecule has 0 bridgehead atoms. The lowest BCUT2D eigenvalue weighted by Crippen LogP contribution is -2.06. The van der Waals surface area contributed by atoms with Crippen molar-refractivity contribution in [3.05, 3.63) is 42.1 Å². The molecule has 0 spiro atoms. The highest BCUT2D eigenvalue weighted by atomic mass is 16.5. The lowest BCUT2D eigenvalue weighted by molar-refractivity contribution is 0.0601. The normalized spacial score (nSPS) is 10.1. The van der Waals surface area contributed by atoms with Gasteiger partial charge in [0, 0.05) is 11.8 Å². The first-order chi connectivity index (χ1) is 9.65. The van der Waals surface area contributed by atoms with Crippen LogP contribution in [0.25, 0.3) is 11.1 Å². The van der Waals surface area contributed by atoms with Gasteiger partial charge in [-0.1, -0.05) is 12.1 Å². The van der Waals surface area contributed by atoms with E-state index in [1.54, 1.807) is 6.20 Å². The first-order valence-electron chi connectivity index (χ1n) is 6.22. The van der Waals surface area contributed by atoms with Gasteiger partial charge in [-0.2, -0.15) is 0 Å². The number of anilines is 1. The average Bonchev–Trinajstić information content (AvgIpc) is 2.47. The van der Waals surface area contributed by atoms with Gasteiger partial charge in [0.1, 0.15) is 11.6 Å². The van der Waals surface area contributed by atoms with E-state index in [1.165, 1.54) is 13.2 Å². The Morgan fingerprint density at radius 2 is 2.00 bits per heavy atom. The lowest BCUT2D eigenvalue weighted by atomic mass is 10.0. The van der Waals surface area contributed by atoms with Crippen LogP contribution in [0.2, 0.25) is 0 Å². The second-order valence-corrected chi connectivity index (χ2v) is 4.10. The Bertz CT molecular complexity index is 609. The number of carbonyl (C=O) groups excluding carboxylic acids is 1. The third kappa shape index (κ3) is 2.88. The van der Waals surface area contributed by atoms with E-state index in [4.69, 9.17) is 15.2 Å². The van der Waals surface area contributed by atoms with E-state index in [9.17, 15) is 4.79 Å². The van der Waals surface area contributed by atoms with Crippen LogP contribution in [-0.2, 0) is 4.74 Å². The minimum absolute atomic E-state index is 0.278. The molecular weight excluding hydrogens is 256 g/mol. The molecule has 0 unspecified atom stereocenters. The predicted octanol–water partition coefficient (Wildman–Crippen LogP) is 2.52. The van der Waals surface area contributed by atoms with Crippen molar-refractivity contribution in [2.24, 2.45) is 0 Å². The Balaban J connectivity index is 2.43. The summed E-state index contributed by atoms with van der Waals surface area (Å²) in [6, 6.07) is 8.93. The van der Waals surface area contributed by atoms with Crippen molar-refractivity contribution >= 4 is 11.8 Å². The van der Waals surface area contributed by atoms with Crippen LogP contribution in [0.15, 0.2) is 36.5 Å². The summed E-state index contributed by atoms with van der Waals surface area (Å²) < 4.78 is 10.2. The average molecular weight is 272 g/mol. The van der Waals surface area contributed by atoms with E-state index >= 15 is 0 Å². The van der Waals surface area contributed by atoms with Crippen molar-refractivity contribution < 1.29 is 14.3 Å². The molecule has 1 aromatic carbocycles. The van der Waals surface area contributed by atoms with Gasteiger partial charge in [-0.25, -0.2) is 9.78 Å². The summed E-state index contributed by atoms with van der Waals surface area (Å²) in [6.07, 6.45) is 1.57. The number of nitrogens with zero attached hydrogens (tertiary/aromatic N) is 1. The number of methoxy groups -OCH3 is 1. The third-order valence-corrected chi connectivity index (χ3v) is 2.81. The summed E-state index contributed by atoms with van der Waals surface area (Å²) in [5.41, 5.74) is 7.54. The molecule has 1 heterocycles. The molecule has 0 atom stereocenters. The predicted molar refractivity (Wildman–Crippen MR) is 76.6 cm³/mol. The topological polar surface area (TPSA) is 74.4 Å². The molecule has 1 aromatic heterocycles. The summed E-state index contributed by atoms with van der Waals surface area (Å²) in [5, 5.41) is 0. The standard InChI is InChI=1S/C15H16N2O3/c1-3-20-11-6-4-10(5-7-11)13-9-17-14(16)8-12(13)15(18)19-2/h4-9H,3H2,1-2H3,(H2,16,17). The quantitative estimate of drug-likeness (QED) is 0.866. The maximum Gasteiger partial charge on any atom is 0.338 e. The van der Waals surface area contributed by atoms with Crippen LogP contribution in [0.1, 0.15) is 17.3 Å². The highest BCUT2D eigenvalue weighted by Crippen LogP contribution is 2.26. The van der Waals surface area contributed by atoms with E-state index < -0.39 is 5.97 Å². The van der Waals surface area contributed by atoms with Gasteiger partial charge in [0.05, 0.1) is 19.3 Å². The van der Waals surface area contributed by atoms with Gasteiger partial charge in [0.25, 0.3) is 0 Å². The molecule has 2 rings (SSSR count). The monoisotopic (exact) mass is 272 g/mol. The van der Waals surface area contributed by atoms with Crippen molar-refractivity contribution in [3.63, 3.8) is 0 Å².